The zero-order valence-corrected chi connectivity index (χ0v) is 24.3. The van der Waals surface area contributed by atoms with E-state index in [-0.39, 0.29) is 36.7 Å². The monoisotopic (exact) mass is 585 g/mol. The van der Waals surface area contributed by atoms with Gasteiger partial charge in [-0.05, 0) is 37.9 Å². The Morgan fingerprint density at radius 1 is 1.10 bits per heavy atom. The van der Waals surface area contributed by atoms with Crippen LogP contribution in [0.2, 0.25) is 0 Å². The van der Waals surface area contributed by atoms with Crippen molar-refractivity contribution in [2.75, 3.05) is 51.3 Å². The molecule has 0 spiro atoms. The number of hydrogen-bond acceptors (Lipinski definition) is 8. The molecular formula is C29H36ClN5O4S. The van der Waals surface area contributed by atoms with Gasteiger partial charge >= 0.3 is 0 Å². The van der Waals surface area contributed by atoms with Crippen LogP contribution in [0.25, 0.3) is 11.3 Å². The highest BCUT2D eigenvalue weighted by molar-refractivity contribution is 7.14. The van der Waals surface area contributed by atoms with Crippen molar-refractivity contribution in [3.8, 4) is 11.3 Å². The Labute approximate surface area is 243 Å². The third-order valence-corrected chi connectivity index (χ3v) is 10.1. The molecular weight excluding hydrogens is 550 g/mol. The minimum Gasteiger partial charge on any atom is -0.366 e. The van der Waals surface area contributed by atoms with Crippen LogP contribution in [0.4, 0.5) is 5.13 Å². The topological polar surface area (TPSA) is 95.1 Å². The molecule has 0 unspecified atom stereocenters. The first-order valence-corrected chi connectivity index (χ1v) is 15.6. The van der Waals surface area contributed by atoms with E-state index in [0.717, 1.165) is 74.7 Å². The molecule has 0 radical (unpaired) electrons. The first-order chi connectivity index (χ1) is 19.4. The number of ether oxygens (including phenoxy) is 1. The summed E-state index contributed by atoms with van der Waals surface area (Å²) in [7, 11) is 2.14. The summed E-state index contributed by atoms with van der Waals surface area (Å²) in [6, 6.07) is 6.03. The third kappa shape index (κ3) is 5.51. The Kier molecular flexibility index (Phi) is 8.12. The summed E-state index contributed by atoms with van der Waals surface area (Å²) >= 11 is 8.10. The number of nitrogens with zero attached hydrogens (tertiary/aromatic N) is 4. The van der Waals surface area contributed by atoms with E-state index in [2.05, 4.69) is 27.5 Å². The molecule has 40 heavy (non-hydrogen) atoms. The molecule has 3 saturated heterocycles. The maximum atomic E-state index is 13.9. The lowest BCUT2D eigenvalue weighted by Gasteiger charge is -2.34. The van der Waals surface area contributed by atoms with E-state index < -0.39 is 23.6 Å². The van der Waals surface area contributed by atoms with E-state index in [9.17, 15) is 14.4 Å². The highest BCUT2D eigenvalue weighted by atomic mass is 35.5. The van der Waals surface area contributed by atoms with Gasteiger partial charge in [0.1, 0.15) is 24.8 Å². The van der Waals surface area contributed by atoms with Crippen LogP contribution < -0.4 is 10.2 Å². The second-order valence-corrected chi connectivity index (χ2v) is 12.8. The number of fused-ring (bicyclic) bond motifs is 1. The van der Waals surface area contributed by atoms with E-state index >= 15 is 0 Å². The number of thiazole rings is 1. The molecule has 6 rings (SSSR count). The molecule has 4 atom stereocenters. The Hall–Kier alpha value is -2.53. The lowest BCUT2D eigenvalue weighted by atomic mass is 9.83. The molecule has 1 aromatic heterocycles. The molecule has 11 heteroatoms. The van der Waals surface area contributed by atoms with Gasteiger partial charge in [-0.1, -0.05) is 31.4 Å². The van der Waals surface area contributed by atoms with Gasteiger partial charge < -0.3 is 24.8 Å². The second-order valence-electron chi connectivity index (χ2n) is 11.4. The van der Waals surface area contributed by atoms with Gasteiger partial charge in [0.25, 0.3) is 5.91 Å². The molecule has 4 aliphatic rings. The first-order valence-electron chi connectivity index (χ1n) is 14.3. The van der Waals surface area contributed by atoms with E-state index in [1.54, 1.807) is 28.4 Å². The van der Waals surface area contributed by atoms with Crippen molar-refractivity contribution in [1.82, 2.24) is 20.1 Å². The zero-order chi connectivity index (χ0) is 27.8. The number of amides is 2. The molecule has 0 bridgehead atoms. The Balaban J connectivity index is 1.16. The molecule has 2 aromatic rings. The number of piperazine rings is 1. The quantitative estimate of drug-likeness (QED) is 0.521. The summed E-state index contributed by atoms with van der Waals surface area (Å²) in [6.45, 7) is 4.21. The largest absolute Gasteiger partial charge is 0.366 e. The summed E-state index contributed by atoms with van der Waals surface area (Å²) in [5, 5.41) is 5.70. The molecule has 1 aliphatic carbocycles. The van der Waals surface area contributed by atoms with Crippen LogP contribution in [0.15, 0.2) is 29.6 Å². The predicted octanol–water partition coefficient (Wildman–Crippen LogP) is 3.03. The standard InChI is InChI=1S/C29H36ClN5O4S/c1-33-11-13-34(14-12-33)29-31-22(17-40-29)18-7-9-20(10-8-18)27(37)32-24(19-5-3-2-4-6-19)28(38)35-15-21(30)26-25(35)23(36)16-39-26/h7-10,17,19,21,24-26H,2-6,11-16H2,1H3,(H,32,37)/t21-,24+,25-,26-/m1/s1. The Morgan fingerprint density at radius 2 is 1.82 bits per heavy atom. The van der Waals surface area contributed by atoms with Gasteiger partial charge in [0.15, 0.2) is 10.9 Å². The number of Topliss-reactive ketones (excluding diaryl/α,β-unsaturated/α-hetero) is 1. The number of alkyl halides is 1. The fraction of sp³-hybridized carbons (Fsp3) is 0.586. The predicted molar refractivity (Wildman–Crippen MR) is 155 cm³/mol. The Bertz CT molecular complexity index is 1240. The van der Waals surface area contributed by atoms with Crippen LogP contribution in [0.1, 0.15) is 42.5 Å². The highest BCUT2D eigenvalue weighted by Gasteiger charge is 2.53. The van der Waals surface area contributed by atoms with E-state index in [0.29, 0.717) is 5.56 Å². The molecule has 2 amide bonds. The van der Waals surface area contributed by atoms with E-state index in [1.165, 1.54) is 0 Å². The van der Waals surface area contributed by atoms with Crippen LogP contribution >= 0.6 is 22.9 Å². The van der Waals surface area contributed by atoms with Crippen LogP contribution in [0.5, 0.6) is 0 Å². The maximum Gasteiger partial charge on any atom is 0.251 e. The highest BCUT2D eigenvalue weighted by Crippen LogP contribution is 2.34. The third-order valence-electron chi connectivity index (χ3n) is 8.79. The van der Waals surface area contributed by atoms with Crippen molar-refractivity contribution in [1.29, 1.82) is 0 Å². The summed E-state index contributed by atoms with van der Waals surface area (Å²) in [4.78, 5) is 50.9. The minimum absolute atomic E-state index is 0.0228. The number of carbonyl (C=O) groups excluding carboxylic acids is 3. The van der Waals surface area contributed by atoms with Gasteiger partial charge in [0.2, 0.25) is 5.91 Å². The number of likely N-dealkylation sites (N-methyl/N-ethyl adjacent to an activating group) is 1. The zero-order valence-electron chi connectivity index (χ0n) is 22.8. The lowest BCUT2D eigenvalue weighted by molar-refractivity contribution is -0.139. The smallest absolute Gasteiger partial charge is 0.251 e. The van der Waals surface area contributed by atoms with Crippen molar-refractivity contribution >= 4 is 45.7 Å². The number of carbonyl (C=O) groups is 3. The number of rotatable bonds is 6. The molecule has 4 heterocycles. The number of halogens is 1. The van der Waals surface area contributed by atoms with Crippen molar-refractivity contribution < 1.29 is 19.1 Å². The van der Waals surface area contributed by atoms with Gasteiger partial charge in [-0.2, -0.15) is 0 Å². The van der Waals surface area contributed by atoms with Crippen molar-refractivity contribution in [2.45, 2.75) is 55.7 Å². The number of anilines is 1. The molecule has 1 saturated carbocycles. The van der Waals surface area contributed by atoms with Gasteiger partial charge in [0.05, 0.1) is 11.1 Å². The normalized spacial score (nSPS) is 26.6. The number of benzene rings is 1. The van der Waals surface area contributed by atoms with Crippen LogP contribution in [0.3, 0.4) is 0 Å². The van der Waals surface area contributed by atoms with Gasteiger partial charge in [-0.15, -0.1) is 22.9 Å². The number of ketones is 1. The molecule has 214 valence electrons. The first kappa shape index (κ1) is 27.6. The summed E-state index contributed by atoms with van der Waals surface area (Å²) in [5.74, 6) is -0.617. The van der Waals surface area contributed by atoms with Crippen LogP contribution in [-0.2, 0) is 14.3 Å². The summed E-state index contributed by atoms with van der Waals surface area (Å²) < 4.78 is 5.57. The van der Waals surface area contributed by atoms with Gasteiger partial charge in [0, 0.05) is 49.2 Å². The van der Waals surface area contributed by atoms with Crippen LogP contribution in [0, 0.1) is 5.92 Å². The Morgan fingerprint density at radius 3 is 2.55 bits per heavy atom. The second kappa shape index (κ2) is 11.8. The fourth-order valence-corrected chi connectivity index (χ4v) is 7.66. The minimum atomic E-state index is -0.701. The van der Waals surface area contributed by atoms with Crippen LogP contribution in [-0.4, -0.2) is 102 Å². The molecule has 1 N–H and O–H groups in total. The number of likely N-dealkylation sites (tertiary alicyclic amines) is 1. The molecule has 3 aliphatic heterocycles. The van der Waals surface area contributed by atoms with Gasteiger partial charge in [-0.3, -0.25) is 14.4 Å². The maximum absolute atomic E-state index is 13.9. The number of aromatic nitrogens is 1. The SMILES string of the molecule is CN1CCN(c2nc(-c3ccc(C(=O)N[C@H](C(=O)N4C[C@@H](Cl)[C@H]5OCC(=O)[C@H]54)C4CCCCC4)cc3)cs2)CC1. The average molecular weight is 586 g/mol. The fourth-order valence-electron chi connectivity index (χ4n) is 6.41. The molecule has 1 aromatic carbocycles. The van der Waals surface area contributed by atoms with E-state index in [4.69, 9.17) is 21.3 Å². The van der Waals surface area contributed by atoms with Crippen molar-refractivity contribution in [2.24, 2.45) is 5.92 Å². The summed E-state index contributed by atoms with van der Waals surface area (Å²) in [6.07, 6.45) is 4.43. The van der Waals surface area contributed by atoms with Crippen molar-refractivity contribution in [3.05, 3.63) is 35.2 Å². The lowest BCUT2D eigenvalue weighted by Crippen LogP contribution is -2.55. The number of nitrogens with one attached hydrogen (secondary N) is 1. The summed E-state index contributed by atoms with van der Waals surface area (Å²) in [5.41, 5.74) is 2.33. The average Bonchev–Trinajstić information content (AvgIpc) is 3.70. The van der Waals surface area contributed by atoms with E-state index in [1.807, 2.05) is 12.1 Å². The molecule has 4 fully saturated rings. The number of hydrogen-bond donors (Lipinski definition) is 1. The molecule has 9 nitrogen and oxygen atoms in total. The van der Waals surface area contributed by atoms with Gasteiger partial charge in [-0.25, -0.2) is 4.98 Å². The van der Waals surface area contributed by atoms with Crippen molar-refractivity contribution in [3.63, 3.8) is 0 Å².